The molecule has 0 aliphatic heterocycles. The first kappa shape index (κ1) is 16.5. The van der Waals surface area contributed by atoms with Gasteiger partial charge in [-0.2, -0.15) is 0 Å². The molecular formula is C19H19NO3. The number of nitrogens with one attached hydrogen (secondary N) is 1. The SMILES string of the molecule is Cc1ccc(/C=C/C(=O)NCC(=O)OCc2ccccc2)cc1. The van der Waals surface area contributed by atoms with Gasteiger partial charge in [-0.15, -0.1) is 0 Å². The van der Waals surface area contributed by atoms with Crippen LogP contribution in [0.3, 0.4) is 0 Å². The highest BCUT2D eigenvalue weighted by atomic mass is 16.5. The van der Waals surface area contributed by atoms with Gasteiger partial charge in [0, 0.05) is 6.08 Å². The summed E-state index contributed by atoms with van der Waals surface area (Å²) in [6.07, 6.45) is 3.10. The summed E-state index contributed by atoms with van der Waals surface area (Å²) in [6, 6.07) is 17.2. The summed E-state index contributed by atoms with van der Waals surface area (Å²) in [4.78, 5) is 23.2. The summed E-state index contributed by atoms with van der Waals surface area (Å²) in [7, 11) is 0. The third kappa shape index (κ3) is 6.18. The molecule has 0 aliphatic rings. The molecule has 0 aliphatic carbocycles. The first-order valence-electron chi connectivity index (χ1n) is 7.35. The van der Waals surface area contributed by atoms with Crippen LogP contribution in [-0.4, -0.2) is 18.4 Å². The van der Waals surface area contributed by atoms with Crippen molar-refractivity contribution in [2.75, 3.05) is 6.54 Å². The molecule has 2 aromatic carbocycles. The second-order valence-electron chi connectivity index (χ2n) is 5.11. The minimum atomic E-state index is -0.467. The Balaban J connectivity index is 1.71. The lowest BCUT2D eigenvalue weighted by Gasteiger charge is -2.05. The molecule has 1 N–H and O–H groups in total. The van der Waals surface area contributed by atoms with Crippen molar-refractivity contribution in [1.29, 1.82) is 0 Å². The monoisotopic (exact) mass is 309 g/mol. The van der Waals surface area contributed by atoms with E-state index in [9.17, 15) is 9.59 Å². The Morgan fingerprint density at radius 2 is 1.74 bits per heavy atom. The van der Waals surface area contributed by atoms with Crippen LogP contribution >= 0.6 is 0 Å². The van der Waals surface area contributed by atoms with Crippen LogP contribution in [0.4, 0.5) is 0 Å². The van der Waals surface area contributed by atoms with Crippen LogP contribution in [-0.2, 0) is 20.9 Å². The third-order valence-corrected chi connectivity index (χ3v) is 3.15. The summed E-state index contributed by atoms with van der Waals surface area (Å²) in [6.45, 7) is 2.06. The molecule has 2 rings (SSSR count). The summed E-state index contributed by atoms with van der Waals surface area (Å²) >= 11 is 0. The molecule has 4 heteroatoms. The molecule has 0 fully saturated rings. The highest BCUT2D eigenvalue weighted by Gasteiger charge is 2.04. The Bertz CT molecular complexity index is 676. The van der Waals surface area contributed by atoms with Crippen LogP contribution in [0.5, 0.6) is 0 Å². The number of rotatable bonds is 6. The quantitative estimate of drug-likeness (QED) is 0.659. The molecule has 0 unspecified atom stereocenters. The zero-order valence-electron chi connectivity index (χ0n) is 13.0. The molecular weight excluding hydrogens is 290 g/mol. The van der Waals surface area contributed by atoms with E-state index in [0.29, 0.717) is 0 Å². The molecule has 1 amide bonds. The molecule has 4 nitrogen and oxygen atoms in total. The first-order chi connectivity index (χ1) is 11.1. The Hall–Kier alpha value is -2.88. The van der Waals surface area contributed by atoms with Gasteiger partial charge in [0.15, 0.2) is 0 Å². The first-order valence-corrected chi connectivity index (χ1v) is 7.35. The van der Waals surface area contributed by atoms with E-state index in [1.54, 1.807) is 6.08 Å². The molecule has 0 aromatic heterocycles. The van der Waals surface area contributed by atoms with Gasteiger partial charge < -0.3 is 10.1 Å². The maximum atomic E-state index is 11.7. The van der Waals surface area contributed by atoms with E-state index in [4.69, 9.17) is 4.74 Å². The largest absolute Gasteiger partial charge is 0.460 e. The fourth-order valence-electron chi connectivity index (χ4n) is 1.86. The average molecular weight is 309 g/mol. The molecule has 0 heterocycles. The minimum absolute atomic E-state index is 0.149. The predicted octanol–water partition coefficient (Wildman–Crippen LogP) is 2.87. The number of hydrogen-bond acceptors (Lipinski definition) is 3. The number of aryl methyl sites for hydroxylation is 1. The molecule has 0 saturated heterocycles. The van der Waals surface area contributed by atoms with Crippen molar-refractivity contribution in [3.8, 4) is 0 Å². The van der Waals surface area contributed by atoms with E-state index in [0.717, 1.165) is 16.7 Å². The second-order valence-corrected chi connectivity index (χ2v) is 5.11. The van der Waals surface area contributed by atoms with Gasteiger partial charge in [0.25, 0.3) is 0 Å². The van der Waals surface area contributed by atoms with Crippen LogP contribution < -0.4 is 5.32 Å². The summed E-state index contributed by atoms with van der Waals surface area (Å²) in [5, 5.41) is 2.50. The van der Waals surface area contributed by atoms with E-state index in [1.807, 2.05) is 61.5 Å². The van der Waals surface area contributed by atoms with Crippen LogP contribution in [0.25, 0.3) is 6.08 Å². The predicted molar refractivity (Wildman–Crippen MR) is 89.5 cm³/mol. The Morgan fingerprint density at radius 1 is 1.04 bits per heavy atom. The van der Waals surface area contributed by atoms with Gasteiger partial charge in [0.05, 0.1) is 0 Å². The summed E-state index contributed by atoms with van der Waals surface area (Å²) < 4.78 is 5.08. The van der Waals surface area contributed by atoms with Crippen molar-refractivity contribution >= 4 is 18.0 Å². The van der Waals surface area contributed by atoms with E-state index in [1.165, 1.54) is 6.08 Å². The van der Waals surface area contributed by atoms with Gasteiger partial charge in [-0.25, -0.2) is 0 Å². The van der Waals surface area contributed by atoms with Gasteiger partial charge in [0.2, 0.25) is 5.91 Å². The van der Waals surface area contributed by atoms with E-state index < -0.39 is 5.97 Å². The zero-order chi connectivity index (χ0) is 16.5. The van der Waals surface area contributed by atoms with Crippen LogP contribution in [0.1, 0.15) is 16.7 Å². The highest BCUT2D eigenvalue weighted by molar-refractivity contribution is 5.93. The lowest BCUT2D eigenvalue weighted by molar-refractivity contribution is -0.144. The third-order valence-electron chi connectivity index (χ3n) is 3.15. The minimum Gasteiger partial charge on any atom is -0.460 e. The number of carbonyl (C=O) groups is 2. The van der Waals surface area contributed by atoms with E-state index >= 15 is 0 Å². The van der Waals surface area contributed by atoms with Crippen LogP contribution in [0, 0.1) is 6.92 Å². The number of benzene rings is 2. The van der Waals surface area contributed by atoms with E-state index in [-0.39, 0.29) is 19.1 Å². The molecule has 0 spiro atoms. The van der Waals surface area contributed by atoms with Crippen LogP contribution in [0.15, 0.2) is 60.7 Å². The Labute approximate surface area is 135 Å². The second kappa shape index (κ2) is 8.54. The topological polar surface area (TPSA) is 55.4 Å². The fourth-order valence-corrected chi connectivity index (χ4v) is 1.86. The molecule has 0 saturated carbocycles. The van der Waals surface area contributed by atoms with E-state index in [2.05, 4.69) is 5.32 Å². The van der Waals surface area contributed by atoms with Crippen molar-refractivity contribution < 1.29 is 14.3 Å². The molecule has 23 heavy (non-hydrogen) atoms. The molecule has 0 radical (unpaired) electrons. The van der Waals surface area contributed by atoms with Gasteiger partial charge >= 0.3 is 5.97 Å². The van der Waals surface area contributed by atoms with Crippen molar-refractivity contribution in [2.24, 2.45) is 0 Å². The molecule has 0 bridgehead atoms. The normalized spacial score (nSPS) is 10.5. The van der Waals surface area contributed by atoms with Crippen LogP contribution in [0.2, 0.25) is 0 Å². The van der Waals surface area contributed by atoms with Crippen molar-refractivity contribution in [2.45, 2.75) is 13.5 Å². The van der Waals surface area contributed by atoms with Crippen molar-refractivity contribution in [3.05, 3.63) is 77.4 Å². The number of hydrogen-bond donors (Lipinski definition) is 1. The fraction of sp³-hybridized carbons (Fsp3) is 0.158. The Kier molecular flexibility index (Phi) is 6.12. The highest BCUT2D eigenvalue weighted by Crippen LogP contribution is 2.04. The number of esters is 1. The summed E-state index contributed by atoms with van der Waals surface area (Å²) in [5.74, 6) is -0.798. The molecule has 118 valence electrons. The van der Waals surface area contributed by atoms with Gasteiger partial charge in [-0.1, -0.05) is 60.2 Å². The summed E-state index contributed by atoms with van der Waals surface area (Å²) in [5.41, 5.74) is 3.00. The lowest BCUT2D eigenvalue weighted by Crippen LogP contribution is -2.29. The van der Waals surface area contributed by atoms with Crippen molar-refractivity contribution in [3.63, 3.8) is 0 Å². The molecule has 2 aromatic rings. The number of amides is 1. The van der Waals surface area contributed by atoms with Crippen molar-refractivity contribution in [1.82, 2.24) is 5.32 Å². The smallest absolute Gasteiger partial charge is 0.325 e. The van der Waals surface area contributed by atoms with Gasteiger partial charge in [-0.05, 0) is 24.1 Å². The molecule has 0 atom stereocenters. The number of carbonyl (C=O) groups excluding carboxylic acids is 2. The van der Waals surface area contributed by atoms with Gasteiger partial charge in [-0.3, -0.25) is 9.59 Å². The number of ether oxygens (including phenoxy) is 1. The average Bonchev–Trinajstić information content (AvgIpc) is 2.58. The Morgan fingerprint density at radius 3 is 2.43 bits per heavy atom. The van der Waals surface area contributed by atoms with Gasteiger partial charge in [0.1, 0.15) is 13.2 Å². The standard InChI is InChI=1S/C19H19NO3/c1-15-7-9-16(10-8-15)11-12-18(21)20-13-19(22)23-14-17-5-3-2-4-6-17/h2-12H,13-14H2,1H3,(H,20,21)/b12-11+. The maximum Gasteiger partial charge on any atom is 0.325 e. The zero-order valence-corrected chi connectivity index (χ0v) is 13.0. The maximum absolute atomic E-state index is 11.7. The lowest BCUT2D eigenvalue weighted by atomic mass is 10.1.